The lowest BCUT2D eigenvalue weighted by Gasteiger charge is -2.40. The zero-order valence-corrected chi connectivity index (χ0v) is 32.4. The molecule has 4 unspecified atom stereocenters. The van der Waals surface area contributed by atoms with Crippen molar-refractivity contribution in [3.63, 3.8) is 0 Å². The van der Waals surface area contributed by atoms with Crippen molar-refractivity contribution in [3.8, 4) is 0 Å². The summed E-state index contributed by atoms with van der Waals surface area (Å²) < 4.78 is 15.8. The normalized spacial score (nSPS) is 21.5. The van der Waals surface area contributed by atoms with Gasteiger partial charge in [0.1, 0.15) is 11.6 Å². The van der Waals surface area contributed by atoms with Crippen molar-refractivity contribution in [2.45, 2.75) is 125 Å². The van der Waals surface area contributed by atoms with E-state index in [1.165, 1.54) is 6.42 Å². The maximum absolute atomic E-state index is 13.5. The number of likely N-dealkylation sites (tertiary alicyclic amines) is 1. The number of carbonyl (C=O) groups is 3. The average Bonchev–Trinajstić information content (AvgIpc) is 3.01. The molecule has 0 aliphatic carbocycles. The molecule has 2 aliphatic heterocycles. The van der Waals surface area contributed by atoms with Gasteiger partial charge in [0.25, 0.3) is 0 Å². The van der Waals surface area contributed by atoms with Gasteiger partial charge in [-0.1, -0.05) is 48.0 Å². The third-order valence-electron chi connectivity index (χ3n) is 8.28. The Hall–Kier alpha value is -2.63. The van der Waals surface area contributed by atoms with E-state index in [1.54, 1.807) is 25.3 Å². The van der Waals surface area contributed by atoms with E-state index >= 15 is 0 Å². The van der Waals surface area contributed by atoms with Gasteiger partial charge in [0.05, 0.1) is 29.3 Å². The Morgan fingerprint density at radius 2 is 1.65 bits per heavy atom. The first-order chi connectivity index (χ1) is 22.3. The van der Waals surface area contributed by atoms with E-state index < -0.39 is 0 Å². The van der Waals surface area contributed by atoms with Gasteiger partial charge in [0.15, 0.2) is 5.78 Å². The number of methoxy groups -OCH3 is 2. The van der Waals surface area contributed by atoms with E-state index in [4.69, 9.17) is 14.2 Å². The Labute approximate surface area is 291 Å². The van der Waals surface area contributed by atoms with Gasteiger partial charge in [-0.3, -0.25) is 14.4 Å². The monoisotopic (exact) mass is 678 g/mol. The molecule has 48 heavy (non-hydrogen) atoms. The van der Waals surface area contributed by atoms with Crippen molar-refractivity contribution < 1.29 is 28.6 Å². The van der Waals surface area contributed by atoms with E-state index in [2.05, 4.69) is 36.1 Å². The lowest BCUT2D eigenvalue weighted by atomic mass is 9.84. The Morgan fingerprint density at radius 3 is 2.12 bits per heavy atom. The van der Waals surface area contributed by atoms with Crippen LogP contribution in [0.2, 0.25) is 0 Å². The molecule has 0 bridgehead atoms. The summed E-state index contributed by atoms with van der Waals surface area (Å²) in [4.78, 5) is 51.2. The van der Waals surface area contributed by atoms with Crippen LogP contribution in [0.4, 0.5) is 5.82 Å². The van der Waals surface area contributed by atoms with Crippen molar-refractivity contribution in [3.05, 3.63) is 17.6 Å². The van der Waals surface area contributed by atoms with Crippen molar-refractivity contribution in [2.75, 3.05) is 58.9 Å². The SMILES string of the molecule is CCC(C)C.COC(C)(C)C.COCCCNc1nc(C(C)(C)C)ncc1C(=O)CC1CC(C(=O)N2CC(C)OC(C)C2)CN(C=O)C1. The second-order valence-corrected chi connectivity index (χ2v) is 15.6. The third kappa shape index (κ3) is 16.2. The first kappa shape index (κ1) is 43.4. The molecule has 0 spiro atoms. The smallest absolute Gasteiger partial charge is 0.227 e. The molecule has 1 N–H and O–H groups in total. The molecule has 1 aromatic rings. The van der Waals surface area contributed by atoms with Crippen LogP contribution in [0.5, 0.6) is 0 Å². The number of hydrogen-bond donors (Lipinski definition) is 1. The minimum Gasteiger partial charge on any atom is -0.385 e. The standard InChI is InChI=1S/C27H43N5O5.C5H12O.C5H12/c1-18-13-32(14-19(2)37-18)25(35)21-10-20(15-31(16-21)17-33)11-23(34)22-12-29-26(27(3,4)5)30-24(22)28-8-7-9-36-6;1-5(2,3)6-4;1-4-5(2)3/h12,17-21H,7-11,13-16H2,1-6H3,(H,28,29,30);1-4H3;5H,4H2,1-3H3. The summed E-state index contributed by atoms with van der Waals surface area (Å²) in [5.74, 6) is 1.54. The van der Waals surface area contributed by atoms with Crippen LogP contribution < -0.4 is 5.32 Å². The third-order valence-corrected chi connectivity index (χ3v) is 8.28. The van der Waals surface area contributed by atoms with Gasteiger partial charge in [0.2, 0.25) is 12.3 Å². The molecular formula is C37H67N5O6. The number of hydrogen-bond acceptors (Lipinski definition) is 9. The minimum absolute atomic E-state index is 0.0262. The summed E-state index contributed by atoms with van der Waals surface area (Å²) >= 11 is 0. The van der Waals surface area contributed by atoms with Crippen LogP contribution in [0.25, 0.3) is 0 Å². The van der Waals surface area contributed by atoms with Gasteiger partial charge in [-0.15, -0.1) is 0 Å². The molecule has 0 radical (unpaired) electrons. The van der Waals surface area contributed by atoms with E-state index in [0.29, 0.717) is 63.0 Å². The summed E-state index contributed by atoms with van der Waals surface area (Å²) in [5, 5.41) is 3.29. The number of aromatic nitrogens is 2. The largest absolute Gasteiger partial charge is 0.385 e. The number of ketones is 1. The lowest BCUT2D eigenvalue weighted by Crippen LogP contribution is -2.53. The maximum Gasteiger partial charge on any atom is 0.227 e. The molecular weight excluding hydrogens is 610 g/mol. The molecule has 276 valence electrons. The van der Waals surface area contributed by atoms with Gasteiger partial charge in [-0.25, -0.2) is 9.97 Å². The molecule has 2 fully saturated rings. The van der Waals surface area contributed by atoms with Gasteiger partial charge < -0.3 is 29.3 Å². The van der Waals surface area contributed by atoms with Gasteiger partial charge in [-0.2, -0.15) is 0 Å². The fraction of sp³-hybridized carbons (Fsp3) is 0.811. The van der Waals surface area contributed by atoms with Crippen LogP contribution in [-0.4, -0.2) is 109 Å². The summed E-state index contributed by atoms with van der Waals surface area (Å²) in [5.41, 5.74) is 0.216. The number of carbonyl (C=O) groups excluding carboxylic acids is 3. The molecule has 2 saturated heterocycles. The summed E-state index contributed by atoms with van der Waals surface area (Å²) in [6.45, 7) is 25.9. The zero-order chi connectivity index (χ0) is 36.7. The topological polar surface area (TPSA) is 123 Å². The molecule has 1 aromatic heterocycles. The van der Waals surface area contributed by atoms with Crippen LogP contribution in [0, 0.1) is 17.8 Å². The second-order valence-electron chi connectivity index (χ2n) is 15.6. The number of ether oxygens (including phenoxy) is 3. The quantitative estimate of drug-likeness (QED) is 0.170. The Balaban J connectivity index is 0.000000902. The van der Waals surface area contributed by atoms with Crippen molar-refractivity contribution in [1.82, 2.24) is 19.8 Å². The van der Waals surface area contributed by atoms with E-state index in [0.717, 1.165) is 18.7 Å². The molecule has 3 rings (SSSR count). The van der Waals surface area contributed by atoms with Crippen LogP contribution in [0.3, 0.4) is 0 Å². The Kier molecular flexibility index (Phi) is 18.8. The molecule has 0 aromatic carbocycles. The lowest BCUT2D eigenvalue weighted by molar-refractivity contribution is -0.150. The molecule has 2 aliphatic rings. The maximum atomic E-state index is 13.5. The number of amides is 2. The number of anilines is 1. The molecule has 11 heteroatoms. The molecule has 3 heterocycles. The first-order valence-corrected chi connectivity index (χ1v) is 17.7. The van der Waals surface area contributed by atoms with Crippen LogP contribution in [-0.2, 0) is 29.2 Å². The highest BCUT2D eigenvalue weighted by Crippen LogP contribution is 2.29. The summed E-state index contributed by atoms with van der Waals surface area (Å²) in [6.07, 6.45) is 5.20. The van der Waals surface area contributed by atoms with E-state index in [1.807, 2.05) is 60.3 Å². The molecule has 4 atom stereocenters. The number of nitrogens with zero attached hydrogens (tertiary/aromatic N) is 4. The number of nitrogens with one attached hydrogen (secondary N) is 1. The van der Waals surface area contributed by atoms with Gasteiger partial charge in [0, 0.05) is 71.6 Å². The fourth-order valence-corrected chi connectivity index (χ4v) is 5.15. The fourth-order valence-electron chi connectivity index (χ4n) is 5.15. The van der Waals surface area contributed by atoms with Gasteiger partial charge in [-0.05, 0) is 59.3 Å². The van der Waals surface area contributed by atoms with Crippen LogP contribution >= 0.6 is 0 Å². The number of rotatable bonds is 11. The first-order valence-electron chi connectivity index (χ1n) is 17.7. The number of morpholine rings is 1. The Morgan fingerprint density at radius 1 is 1.06 bits per heavy atom. The highest BCUT2D eigenvalue weighted by molar-refractivity contribution is 6.00. The van der Waals surface area contributed by atoms with Crippen molar-refractivity contribution in [2.24, 2.45) is 17.8 Å². The molecule has 0 saturated carbocycles. The minimum atomic E-state index is -0.333. The Bertz CT molecular complexity index is 1110. The highest BCUT2D eigenvalue weighted by Gasteiger charge is 2.37. The summed E-state index contributed by atoms with van der Waals surface area (Å²) in [6, 6.07) is 0. The van der Waals surface area contributed by atoms with Crippen LogP contribution in [0.15, 0.2) is 6.20 Å². The summed E-state index contributed by atoms with van der Waals surface area (Å²) in [7, 11) is 3.36. The molecule has 2 amide bonds. The predicted octanol–water partition coefficient (Wildman–Crippen LogP) is 6.01. The second kappa shape index (κ2) is 20.8. The van der Waals surface area contributed by atoms with Crippen LogP contribution in [0.1, 0.15) is 118 Å². The van der Waals surface area contributed by atoms with E-state index in [-0.39, 0.29) is 53.2 Å². The van der Waals surface area contributed by atoms with Crippen molar-refractivity contribution >= 4 is 23.9 Å². The zero-order valence-electron chi connectivity index (χ0n) is 32.4. The number of Topliss-reactive ketones (excluding diaryl/α,β-unsaturated/α-hetero) is 1. The number of piperidine rings is 1. The van der Waals surface area contributed by atoms with E-state index in [9.17, 15) is 14.4 Å². The van der Waals surface area contributed by atoms with Gasteiger partial charge >= 0.3 is 0 Å². The predicted molar refractivity (Wildman–Crippen MR) is 192 cm³/mol. The molecule has 11 nitrogen and oxygen atoms in total. The van der Waals surface area contributed by atoms with Crippen molar-refractivity contribution in [1.29, 1.82) is 0 Å². The average molecular weight is 678 g/mol. The highest BCUT2D eigenvalue weighted by atomic mass is 16.5.